The van der Waals surface area contributed by atoms with E-state index in [-0.39, 0.29) is 6.04 Å². The molecule has 2 aromatic rings. The maximum absolute atomic E-state index is 6.15. The molecule has 112 valence electrons. The summed E-state index contributed by atoms with van der Waals surface area (Å²) in [7, 11) is 0. The fourth-order valence-electron chi connectivity index (χ4n) is 1.95. The number of hydrogen-bond donors (Lipinski definition) is 1. The highest BCUT2D eigenvalue weighted by Crippen LogP contribution is 2.32. The second-order valence-electron chi connectivity index (χ2n) is 5.01. The minimum atomic E-state index is 0.166. The molecule has 0 bridgehead atoms. The van der Waals surface area contributed by atoms with Crippen molar-refractivity contribution in [3.63, 3.8) is 0 Å². The summed E-state index contributed by atoms with van der Waals surface area (Å²) in [6, 6.07) is 7.71. The van der Waals surface area contributed by atoms with E-state index in [0.29, 0.717) is 16.7 Å². The Bertz CT molecular complexity index is 634. The molecule has 5 heteroatoms. The van der Waals surface area contributed by atoms with E-state index >= 15 is 0 Å². The molecule has 1 atom stereocenters. The highest BCUT2D eigenvalue weighted by molar-refractivity contribution is 9.10. The number of nitrogens with zero attached hydrogens (tertiary/aromatic N) is 1. The van der Waals surface area contributed by atoms with Crippen molar-refractivity contribution >= 4 is 27.5 Å². The Morgan fingerprint density at radius 3 is 2.76 bits per heavy atom. The van der Waals surface area contributed by atoms with Crippen LogP contribution in [0.1, 0.15) is 24.5 Å². The number of rotatable bonds is 5. The van der Waals surface area contributed by atoms with Crippen molar-refractivity contribution in [3.8, 4) is 11.6 Å². The van der Waals surface area contributed by atoms with Crippen LogP contribution in [-0.2, 0) is 6.42 Å². The van der Waals surface area contributed by atoms with E-state index in [2.05, 4.69) is 33.9 Å². The third kappa shape index (κ3) is 4.43. The molecule has 1 aromatic heterocycles. The summed E-state index contributed by atoms with van der Waals surface area (Å²) in [4.78, 5) is 4.38. The van der Waals surface area contributed by atoms with E-state index in [4.69, 9.17) is 22.1 Å². The van der Waals surface area contributed by atoms with Crippen LogP contribution in [0.5, 0.6) is 11.6 Å². The van der Waals surface area contributed by atoms with E-state index in [1.54, 1.807) is 6.07 Å². The molecule has 21 heavy (non-hydrogen) atoms. The normalized spacial score (nSPS) is 12.2. The van der Waals surface area contributed by atoms with E-state index < -0.39 is 0 Å². The number of halogens is 2. The molecule has 0 fully saturated rings. The van der Waals surface area contributed by atoms with E-state index in [1.165, 1.54) is 0 Å². The molecule has 0 amide bonds. The molecule has 0 spiro atoms. The number of nitrogens with two attached hydrogens (primary N) is 1. The average molecular weight is 370 g/mol. The van der Waals surface area contributed by atoms with Crippen LogP contribution in [0.15, 0.2) is 34.9 Å². The van der Waals surface area contributed by atoms with Gasteiger partial charge in [-0.1, -0.05) is 34.5 Å². The van der Waals surface area contributed by atoms with Crippen LogP contribution in [0.25, 0.3) is 0 Å². The molecule has 0 aliphatic carbocycles. The smallest absolute Gasteiger partial charge is 0.222 e. The number of benzene rings is 1. The third-order valence-electron chi connectivity index (χ3n) is 3.21. The lowest BCUT2D eigenvalue weighted by atomic mass is 10.1. The molecule has 0 saturated heterocycles. The zero-order valence-corrected chi connectivity index (χ0v) is 14.4. The molecule has 0 aliphatic rings. The van der Waals surface area contributed by atoms with Crippen LogP contribution < -0.4 is 10.5 Å². The van der Waals surface area contributed by atoms with Gasteiger partial charge in [-0.3, -0.25) is 0 Å². The van der Waals surface area contributed by atoms with Gasteiger partial charge in [0, 0.05) is 22.3 Å². The molecule has 3 nitrogen and oxygen atoms in total. The number of aryl methyl sites for hydroxylation is 1. The highest BCUT2D eigenvalue weighted by atomic mass is 79.9. The van der Waals surface area contributed by atoms with E-state index in [9.17, 15) is 0 Å². The predicted molar refractivity (Wildman–Crippen MR) is 90.2 cm³/mol. The van der Waals surface area contributed by atoms with Gasteiger partial charge in [0.25, 0.3) is 0 Å². The lowest BCUT2D eigenvalue weighted by molar-refractivity contribution is 0.458. The number of ether oxygens (including phenoxy) is 1. The average Bonchev–Trinajstić information content (AvgIpc) is 2.44. The number of pyridine rings is 1. The molecule has 2 rings (SSSR count). The molecule has 1 unspecified atom stereocenters. The summed E-state index contributed by atoms with van der Waals surface area (Å²) >= 11 is 9.52. The van der Waals surface area contributed by atoms with Crippen LogP contribution in [0.3, 0.4) is 0 Å². The quantitative estimate of drug-likeness (QED) is 0.817. The van der Waals surface area contributed by atoms with Gasteiger partial charge in [-0.2, -0.15) is 0 Å². The number of hydrogen-bond acceptors (Lipinski definition) is 3. The standard InChI is InChI=1S/C16H18BrClN2O/c1-3-13(19)7-11-6-10(2)16(20-9-11)21-15-5-4-12(17)8-14(15)18/h4-6,8-9,13H,3,7,19H2,1-2H3. The molecule has 2 N–H and O–H groups in total. The highest BCUT2D eigenvalue weighted by Gasteiger charge is 2.09. The van der Waals surface area contributed by atoms with Gasteiger partial charge in [0.05, 0.1) is 5.02 Å². The maximum atomic E-state index is 6.15. The number of aromatic nitrogens is 1. The summed E-state index contributed by atoms with van der Waals surface area (Å²) in [5, 5.41) is 0.544. The molecule has 0 aliphatic heterocycles. The van der Waals surface area contributed by atoms with Gasteiger partial charge in [0.15, 0.2) is 0 Å². The van der Waals surface area contributed by atoms with Gasteiger partial charge in [-0.15, -0.1) is 0 Å². The SMILES string of the molecule is CCC(N)Cc1cnc(Oc2ccc(Br)cc2Cl)c(C)c1. The van der Waals surface area contributed by atoms with Gasteiger partial charge < -0.3 is 10.5 Å². The first-order valence-corrected chi connectivity index (χ1v) is 8.00. The van der Waals surface area contributed by atoms with E-state index in [0.717, 1.165) is 28.4 Å². The Labute approximate surface area is 138 Å². The minimum absolute atomic E-state index is 0.166. The molecule has 1 heterocycles. The Hall–Kier alpha value is -1.10. The summed E-state index contributed by atoms with van der Waals surface area (Å²) < 4.78 is 6.70. The molecular formula is C16H18BrClN2O. The third-order valence-corrected chi connectivity index (χ3v) is 4.00. The fourth-order valence-corrected chi connectivity index (χ4v) is 2.66. The van der Waals surface area contributed by atoms with Crippen LogP contribution in [0.2, 0.25) is 5.02 Å². The van der Waals surface area contributed by atoms with Crippen molar-refractivity contribution in [1.29, 1.82) is 0 Å². The van der Waals surface area contributed by atoms with Crippen LogP contribution >= 0.6 is 27.5 Å². The summed E-state index contributed by atoms with van der Waals surface area (Å²) in [5.41, 5.74) is 8.06. The van der Waals surface area contributed by atoms with Crippen molar-refractivity contribution in [2.24, 2.45) is 5.73 Å². The Balaban J connectivity index is 2.17. The minimum Gasteiger partial charge on any atom is -0.437 e. The maximum Gasteiger partial charge on any atom is 0.222 e. The summed E-state index contributed by atoms with van der Waals surface area (Å²) in [6.07, 6.45) is 3.58. The zero-order valence-electron chi connectivity index (χ0n) is 12.1. The second-order valence-corrected chi connectivity index (χ2v) is 6.34. The first kappa shape index (κ1) is 16.3. The first-order valence-electron chi connectivity index (χ1n) is 6.83. The van der Waals surface area contributed by atoms with Crippen LogP contribution in [0.4, 0.5) is 0 Å². The van der Waals surface area contributed by atoms with Crippen molar-refractivity contribution in [1.82, 2.24) is 4.98 Å². The summed E-state index contributed by atoms with van der Waals surface area (Å²) in [6.45, 7) is 4.05. The predicted octanol–water partition coefficient (Wildman–Crippen LogP) is 4.88. The summed E-state index contributed by atoms with van der Waals surface area (Å²) in [5.74, 6) is 1.15. The van der Waals surface area contributed by atoms with Gasteiger partial charge >= 0.3 is 0 Å². The zero-order chi connectivity index (χ0) is 15.4. The lowest BCUT2D eigenvalue weighted by Crippen LogP contribution is -2.21. The Morgan fingerprint density at radius 1 is 1.38 bits per heavy atom. The molecule has 1 aromatic carbocycles. The first-order chi connectivity index (χ1) is 9.99. The Kier molecular flexibility index (Phi) is 5.62. The second kappa shape index (κ2) is 7.25. The van der Waals surface area contributed by atoms with Gasteiger partial charge in [-0.05, 0) is 49.6 Å². The van der Waals surface area contributed by atoms with Crippen molar-refractivity contribution in [3.05, 3.63) is 51.1 Å². The van der Waals surface area contributed by atoms with Gasteiger partial charge in [0.1, 0.15) is 5.75 Å². The Morgan fingerprint density at radius 2 is 2.14 bits per heavy atom. The molecule has 0 radical (unpaired) electrons. The van der Waals surface area contributed by atoms with Crippen molar-refractivity contribution in [2.75, 3.05) is 0 Å². The van der Waals surface area contributed by atoms with E-state index in [1.807, 2.05) is 25.3 Å². The van der Waals surface area contributed by atoms with Crippen LogP contribution in [-0.4, -0.2) is 11.0 Å². The van der Waals surface area contributed by atoms with Crippen LogP contribution in [0, 0.1) is 6.92 Å². The fraction of sp³-hybridized carbons (Fsp3) is 0.312. The molecular weight excluding hydrogens is 352 g/mol. The molecule has 0 saturated carbocycles. The van der Waals surface area contributed by atoms with Crippen molar-refractivity contribution < 1.29 is 4.74 Å². The largest absolute Gasteiger partial charge is 0.437 e. The van der Waals surface area contributed by atoms with Gasteiger partial charge in [0.2, 0.25) is 5.88 Å². The monoisotopic (exact) mass is 368 g/mol. The topological polar surface area (TPSA) is 48.1 Å². The van der Waals surface area contributed by atoms with Crippen molar-refractivity contribution in [2.45, 2.75) is 32.7 Å². The van der Waals surface area contributed by atoms with Gasteiger partial charge in [-0.25, -0.2) is 4.98 Å². The lowest BCUT2D eigenvalue weighted by Gasteiger charge is -2.12.